The zero-order chi connectivity index (χ0) is 24.9. The Morgan fingerprint density at radius 3 is 2.54 bits per heavy atom. The van der Waals surface area contributed by atoms with Gasteiger partial charge in [-0.2, -0.15) is 0 Å². The summed E-state index contributed by atoms with van der Waals surface area (Å²) < 4.78 is 15.0. The fraction of sp³-hybridized carbons (Fsp3) is 0.577. The van der Waals surface area contributed by atoms with E-state index in [1.165, 1.54) is 12.4 Å². The molecule has 1 aromatic heterocycles. The van der Waals surface area contributed by atoms with Gasteiger partial charge in [-0.3, -0.25) is 4.79 Å². The number of nitrogens with zero attached hydrogens (tertiary/aromatic N) is 4. The molecule has 11 heteroatoms. The fourth-order valence-electron chi connectivity index (χ4n) is 5.98. The van der Waals surface area contributed by atoms with Crippen molar-refractivity contribution < 1.29 is 14.3 Å². The van der Waals surface area contributed by atoms with Crippen molar-refractivity contribution in [2.45, 2.75) is 69.6 Å². The number of amides is 1. The first-order chi connectivity index (χ1) is 16.6. The van der Waals surface area contributed by atoms with Gasteiger partial charge in [-0.15, -0.1) is 24.8 Å². The molecule has 0 spiro atoms. The Morgan fingerprint density at radius 2 is 1.92 bits per heavy atom. The number of hydrogen-bond donors (Lipinski definition) is 2. The van der Waals surface area contributed by atoms with Crippen molar-refractivity contribution in [3.05, 3.63) is 52.2 Å². The molecule has 3 aliphatic rings. The van der Waals surface area contributed by atoms with Gasteiger partial charge < -0.3 is 20.2 Å². The maximum atomic E-state index is 15.0. The minimum atomic E-state index is -0.612. The second kappa shape index (κ2) is 11.6. The minimum absolute atomic E-state index is 0. The average Bonchev–Trinajstić information content (AvgIpc) is 3.33. The average molecular weight is 575 g/mol. The number of rotatable bonds is 4. The molecule has 1 aliphatic carbocycles. The van der Waals surface area contributed by atoms with E-state index in [4.69, 9.17) is 11.6 Å². The number of hydrogen-bond acceptors (Lipinski definition) is 6. The van der Waals surface area contributed by atoms with Crippen LogP contribution in [0.4, 0.5) is 10.2 Å². The Kier molecular flexibility index (Phi) is 9.34. The van der Waals surface area contributed by atoms with Crippen LogP contribution < -0.4 is 10.2 Å². The summed E-state index contributed by atoms with van der Waals surface area (Å²) in [5.74, 6) is -0.0718. The molecular weight excluding hydrogens is 540 g/mol. The van der Waals surface area contributed by atoms with E-state index in [9.17, 15) is 9.90 Å². The molecule has 0 radical (unpaired) electrons. The quantitative estimate of drug-likeness (QED) is 0.555. The number of nitrogens with one attached hydrogen (secondary N) is 1. The fourth-order valence-corrected chi connectivity index (χ4v) is 6.14. The third-order valence-corrected chi connectivity index (χ3v) is 8.03. The van der Waals surface area contributed by atoms with Crippen molar-refractivity contribution in [3.8, 4) is 0 Å². The lowest BCUT2D eigenvalue weighted by atomic mass is 9.88. The lowest BCUT2D eigenvalue weighted by Crippen LogP contribution is -2.53. The second-order valence-electron chi connectivity index (χ2n) is 10.8. The summed E-state index contributed by atoms with van der Waals surface area (Å²) in [6.45, 7) is 8.61. The number of piperazine rings is 1. The molecule has 2 unspecified atom stereocenters. The van der Waals surface area contributed by atoms with Gasteiger partial charge in [0.1, 0.15) is 18.0 Å². The first-order valence-corrected chi connectivity index (χ1v) is 12.8. The number of aliphatic hydroxyl groups is 1. The number of anilines is 1. The summed E-state index contributed by atoms with van der Waals surface area (Å²) in [7, 11) is 0. The molecule has 3 heterocycles. The van der Waals surface area contributed by atoms with Crippen LogP contribution in [0.25, 0.3) is 0 Å². The Balaban J connectivity index is 0.00000190. The van der Waals surface area contributed by atoms with Crippen LogP contribution in [0.2, 0.25) is 5.02 Å². The Morgan fingerprint density at radius 1 is 1.22 bits per heavy atom. The number of aromatic nitrogens is 2. The molecule has 2 aliphatic heterocycles. The summed E-state index contributed by atoms with van der Waals surface area (Å²) in [4.78, 5) is 26.7. The topological polar surface area (TPSA) is 81.6 Å². The van der Waals surface area contributed by atoms with Gasteiger partial charge >= 0.3 is 0 Å². The van der Waals surface area contributed by atoms with E-state index < -0.39 is 17.8 Å². The molecule has 7 nitrogen and oxygen atoms in total. The third-order valence-electron chi connectivity index (χ3n) is 7.79. The molecule has 2 saturated heterocycles. The van der Waals surface area contributed by atoms with Crippen molar-refractivity contribution >= 4 is 48.1 Å². The van der Waals surface area contributed by atoms with E-state index in [2.05, 4.69) is 41.0 Å². The summed E-state index contributed by atoms with van der Waals surface area (Å²) >= 11 is 6.01. The molecule has 2 aromatic rings. The minimum Gasteiger partial charge on any atom is -0.387 e. The van der Waals surface area contributed by atoms with E-state index in [0.717, 1.165) is 24.2 Å². The molecule has 0 bridgehead atoms. The molecule has 4 atom stereocenters. The third kappa shape index (κ3) is 5.83. The van der Waals surface area contributed by atoms with Gasteiger partial charge in [-0.25, -0.2) is 14.4 Å². The molecule has 5 rings (SSSR count). The van der Waals surface area contributed by atoms with Crippen LogP contribution in [0.15, 0.2) is 24.5 Å². The lowest BCUT2D eigenvalue weighted by molar-refractivity contribution is -0.133. The Bertz CT molecular complexity index is 1130. The van der Waals surface area contributed by atoms with Gasteiger partial charge in [0.2, 0.25) is 5.91 Å². The number of benzene rings is 1. The van der Waals surface area contributed by atoms with Gasteiger partial charge in [0.15, 0.2) is 0 Å². The van der Waals surface area contributed by atoms with Crippen LogP contribution in [0.3, 0.4) is 0 Å². The summed E-state index contributed by atoms with van der Waals surface area (Å²) in [5, 5.41) is 14.2. The van der Waals surface area contributed by atoms with Gasteiger partial charge in [-0.1, -0.05) is 24.6 Å². The highest BCUT2D eigenvalue weighted by Crippen LogP contribution is 2.43. The molecular formula is C26H35Cl3FN5O2. The summed E-state index contributed by atoms with van der Waals surface area (Å²) in [6.07, 6.45) is 3.34. The molecule has 1 amide bonds. The number of carbonyl (C=O) groups excluding carboxylic acids is 1. The molecule has 2 fully saturated rings. The maximum Gasteiger partial charge on any atom is 0.231 e. The van der Waals surface area contributed by atoms with E-state index in [1.54, 1.807) is 12.1 Å². The standard InChI is InChI=1S/C26H33ClFN5O2.2ClH/c1-15-12-20(34)23-21(15)24(30-14-29-23)32-8-10-33(11-9-32)25(35)22(19-6-7-26(2,3)31-19)17-5-4-16(27)13-18(17)28;;/h4-5,13-15,19-20,22,31,34H,6-12H2,1-3H3;2*1H/t15-,19?,20-,22?;;/m1../s1. The highest BCUT2D eigenvalue weighted by Gasteiger charge is 2.42. The van der Waals surface area contributed by atoms with Gasteiger partial charge in [0.25, 0.3) is 0 Å². The summed E-state index contributed by atoms with van der Waals surface area (Å²) in [5.41, 5.74) is 2.03. The predicted molar refractivity (Wildman–Crippen MR) is 148 cm³/mol. The monoisotopic (exact) mass is 573 g/mol. The highest BCUT2D eigenvalue weighted by molar-refractivity contribution is 6.30. The Hall–Kier alpha value is -1.71. The molecule has 0 saturated carbocycles. The van der Waals surface area contributed by atoms with Crippen molar-refractivity contribution in [3.63, 3.8) is 0 Å². The highest BCUT2D eigenvalue weighted by atomic mass is 35.5. The van der Waals surface area contributed by atoms with Gasteiger partial charge in [0.05, 0.1) is 17.7 Å². The van der Waals surface area contributed by atoms with E-state index in [-0.39, 0.29) is 48.2 Å². The van der Waals surface area contributed by atoms with E-state index in [0.29, 0.717) is 48.9 Å². The first kappa shape index (κ1) is 29.8. The van der Waals surface area contributed by atoms with Crippen LogP contribution in [-0.4, -0.2) is 63.6 Å². The lowest BCUT2D eigenvalue weighted by Gasteiger charge is -2.39. The van der Waals surface area contributed by atoms with Crippen molar-refractivity contribution in [2.24, 2.45) is 0 Å². The van der Waals surface area contributed by atoms with Crippen molar-refractivity contribution in [1.82, 2.24) is 20.2 Å². The van der Waals surface area contributed by atoms with Gasteiger partial charge in [-0.05, 0) is 51.2 Å². The molecule has 1 aromatic carbocycles. The van der Waals surface area contributed by atoms with Crippen LogP contribution in [0, 0.1) is 5.82 Å². The van der Waals surface area contributed by atoms with Crippen LogP contribution in [-0.2, 0) is 4.79 Å². The maximum absolute atomic E-state index is 15.0. The second-order valence-corrected chi connectivity index (χ2v) is 11.2. The predicted octanol–water partition coefficient (Wildman–Crippen LogP) is 4.62. The largest absolute Gasteiger partial charge is 0.387 e. The van der Waals surface area contributed by atoms with Gasteiger partial charge in [0, 0.05) is 53.9 Å². The Labute approximate surface area is 235 Å². The SMILES string of the molecule is C[C@@H]1C[C@@H](O)c2ncnc(N3CCN(C(=O)C(c4ccc(Cl)cc4F)C4CCC(C)(C)N4)CC3)c21.Cl.Cl. The van der Waals surface area contributed by atoms with Crippen LogP contribution in [0.1, 0.15) is 74.8 Å². The van der Waals surface area contributed by atoms with Crippen molar-refractivity contribution in [2.75, 3.05) is 31.1 Å². The van der Waals surface area contributed by atoms with Crippen LogP contribution >= 0.6 is 36.4 Å². The smallest absolute Gasteiger partial charge is 0.231 e. The number of halogens is 4. The van der Waals surface area contributed by atoms with E-state index >= 15 is 4.39 Å². The number of aliphatic hydroxyl groups excluding tert-OH is 1. The number of carbonyl (C=O) groups is 1. The zero-order valence-corrected chi connectivity index (χ0v) is 23.7. The normalized spacial score (nSPS) is 25.2. The first-order valence-electron chi connectivity index (χ1n) is 12.4. The molecule has 37 heavy (non-hydrogen) atoms. The zero-order valence-electron chi connectivity index (χ0n) is 21.3. The van der Waals surface area contributed by atoms with E-state index in [1.807, 2.05) is 4.90 Å². The molecule has 2 N–H and O–H groups in total. The molecule has 204 valence electrons. The van der Waals surface area contributed by atoms with Crippen LogP contribution in [0.5, 0.6) is 0 Å². The van der Waals surface area contributed by atoms with Crippen molar-refractivity contribution in [1.29, 1.82) is 0 Å². The summed E-state index contributed by atoms with van der Waals surface area (Å²) in [6, 6.07) is 4.46. The number of fused-ring (bicyclic) bond motifs is 1.